The molecule has 0 spiro atoms. The molecular weight excluding hydrogens is 345 g/mol. The van der Waals surface area contributed by atoms with Gasteiger partial charge in [0, 0.05) is 5.02 Å². The van der Waals surface area contributed by atoms with Crippen molar-refractivity contribution < 1.29 is 24.5 Å². The number of carboxylic acid groups (broad SMARTS) is 1. The zero-order valence-electron chi connectivity index (χ0n) is 11.5. The molecule has 6 nitrogen and oxygen atoms in total. The van der Waals surface area contributed by atoms with Gasteiger partial charge in [0.2, 0.25) is 0 Å². The summed E-state index contributed by atoms with van der Waals surface area (Å²) < 4.78 is 5.25. The van der Waals surface area contributed by atoms with Crippen molar-refractivity contribution in [2.75, 3.05) is 11.9 Å². The summed E-state index contributed by atoms with van der Waals surface area (Å²) in [6.07, 6.45) is 0. The topological polar surface area (TPSA) is 95.9 Å². The lowest BCUT2D eigenvalue weighted by molar-refractivity contribution is -0.118. The second kappa shape index (κ2) is 7.21. The number of amides is 1. The van der Waals surface area contributed by atoms with Crippen molar-refractivity contribution in [1.82, 2.24) is 0 Å². The molecule has 0 bridgehead atoms. The highest BCUT2D eigenvalue weighted by Gasteiger charge is 2.11. The quantitative estimate of drug-likeness (QED) is 0.714. The summed E-state index contributed by atoms with van der Waals surface area (Å²) in [5, 5.41) is 21.6. The molecule has 23 heavy (non-hydrogen) atoms. The predicted octanol–water partition coefficient (Wildman–Crippen LogP) is 3.41. The Morgan fingerprint density at radius 1 is 1.13 bits per heavy atom. The normalized spacial score (nSPS) is 10.2. The molecule has 0 aromatic heterocycles. The van der Waals surface area contributed by atoms with Crippen molar-refractivity contribution in [1.29, 1.82) is 0 Å². The molecule has 3 N–H and O–H groups in total. The molecule has 2 aromatic rings. The van der Waals surface area contributed by atoms with Crippen LogP contribution < -0.4 is 10.1 Å². The average molecular weight is 356 g/mol. The SMILES string of the molecule is O=C(COc1ccc(Cl)cc1Cl)Nc1ccc(C(=O)O)cc1O. The number of nitrogens with one attached hydrogen (secondary N) is 1. The summed E-state index contributed by atoms with van der Waals surface area (Å²) in [7, 11) is 0. The monoisotopic (exact) mass is 355 g/mol. The van der Waals surface area contributed by atoms with Gasteiger partial charge in [0.05, 0.1) is 16.3 Å². The van der Waals surface area contributed by atoms with Gasteiger partial charge in [-0.15, -0.1) is 0 Å². The van der Waals surface area contributed by atoms with Gasteiger partial charge >= 0.3 is 5.97 Å². The van der Waals surface area contributed by atoms with Gasteiger partial charge in [-0.3, -0.25) is 4.79 Å². The molecule has 0 fully saturated rings. The van der Waals surface area contributed by atoms with Gasteiger partial charge < -0.3 is 20.3 Å². The van der Waals surface area contributed by atoms with Gasteiger partial charge in [-0.2, -0.15) is 0 Å². The minimum Gasteiger partial charge on any atom is -0.506 e. The highest BCUT2D eigenvalue weighted by molar-refractivity contribution is 6.35. The number of carboxylic acids is 1. The van der Waals surface area contributed by atoms with Crippen molar-refractivity contribution in [2.45, 2.75) is 0 Å². The van der Waals surface area contributed by atoms with Crippen molar-refractivity contribution in [3.05, 3.63) is 52.0 Å². The standard InChI is InChI=1S/C15H11Cl2NO5/c16-9-2-4-13(10(17)6-9)23-7-14(20)18-11-3-1-8(15(21)22)5-12(11)19/h1-6,19H,7H2,(H,18,20)(H,21,22). The molecule has 1 amide bonds. The largest absolute Gasteiger partial charge is 0.506 e. The van der Waals surface area contributed by atoms with E-state index < -0.39 is 11.9 Å². The number of benzene rings is 2. The van der Waals surface area contributed by atoms with Gasteiger partial charge in [-0.05, 0) is 36.4 Å². The van der Waals surface area contributed by atoms with Crippen LogP contribution >= 0.6 is 23.2 Å². The van der Waals surface area contributed by atoms with Crippen LogP contribution in [0, 0.1) is 0 Å². The van der Waals surface area contributed by atoms with E-state index in [1.54, 1.807) is 6.07 Å². The minimum atomic E-state index is -1.18. The van der Waals surface area contributed by atoms with Crippen LogP contribution in [0.2, 0.25) is 10.0 Å². The molecule has 0 aliphatic carbocycles. The van der Waals surface area contributed by atoms with Crippen molar-refractivity contribution in [2.24, 2.45) is 0 Å². The maximum Gasteiger partial charge on any atom is 0.335 e. The lowest BCUT2D eigenvalue weighted by atomic mass is 10.2. The van der Waals surface area contributed by atoms with Gasteiger partial charge in [-0.25, -0.2) is 4.79 Å². The summed E-state index contributed by atoms with van der Waals surface area (Å²) in [5.74, 6) is -1.80. The maximum atomic E-state index is 11.8. The number of ether oxygens (including phenoxy) is 1. The van der Waals surface area contributed by atoms with Crippen molar-refractivity contribution in [3.8, 4) is 11.5 Å². The van der Waals surface area contributed by atoms with E-state index in [2.05, 4.69) is 5.32 Å². The third-order valence-electron chi connectivity index (χ3n) is 2.77. The molecule has 0 atom stereocenters. The van der Waals surface area contributed by atoms with Gasteiger partial charge in [0.15, 0.2) is 6.61 Å². The smallest absolute Gasteiger partial charge is 0.335 e. The van der Waals surface area contributed by atoms with Crippen molar-refractivity contribution in [3.63, 3.8) is 0 Å². The fourth-order valence-corrected chi connectivity index (χ4v) is 2.16. The number of rotatable bonds is 5. The molecule has 120 valence electrons. The molecule has 0 aliphatic heterocycles. The van der Waals surface area contributed by atoms with E-state index in [4.69, 9.17) is 33.0 Å². The Labute approximate surface area is 141 Å². The van der Waals surface area contributed by atoms with Crippen LogP contribution in [0.5, 0.6) is 11.5 Å². The second-order valence-electron chi connectivity index (χ2n) is 4.45. The van der Waals surface area contributed by atoms with Crippen molar-refractivity contribution >= 4 is 40.8 Å². The van der Waals surface area contributed by atoms with Crippen LogP contribution in [-0.4, -0.2) is 28.7 Å². The number of halogens is 2. The molecule has 2 rings (SSSR count). The molecule has 8 heteroatoms. The van der Waals surface area contributed by atoms with E-state index in [0.717, 1.165) is 6.07 Å². The number of hydrogen-bond acceptors (Lipinski definition) is 4. The van der Waals surface area contributed by atoms with Crippen LogP contribution in [-0.2, 0) is 4.79 Å². The van der Waals surface area contributed by atoms with Crippen LogP contribution in [0.25, 0.3) is 0 Å². The lowest BCUT2D eigenvalue weighted by Crippen LogP contribution is -2.20. The molecule has 0 radical (unpaired) electrons. The number of aromatic carboxylic acids is 1. The fraction of sp³-hybridized carbons (Fsp3) is 0.0667. The highest BCUT2D eigenvalue weighted by Crippen LogP contribution is 2.28. The zero-order chi connectivity index (χ0) is 17.0. The zero-order valence-corrected chi connectivity index (χ0v) is 13.1. The van der Waals surface area contributed by atoms with E-state index in [1.165, 1.54) is 24.3 Å². The summed E-state index contributed by atoms with van der Waals surface area (Å²) in [6.45, 7) is -0.346. The molecule has 0 unspecified atom stereocenters. The number of carbonyl (C=O) groups is 2. The Kier molecular flexibility index (Phi) is 5.31. The maximum absolute atomic E-state index is 11.8. The second-order valence-corrected chi connectivity index (χ2v) is 5.29. The molecule has 0 aliphatic rings. The van der Waals surface area contributed by atoms with E-state index >= 15 is 0 Å². The first-order valence-corrected chi connectivity index (χ1v) is 7.06. The van der Waals surface area contributed by atoms with Crippen LogP contribution in [0.15, 0.2) is 36.4 Å². The molecule has 2 aromatic carbocycles. The fourth-order valence-electron chi connectivity index (χ4n) is 1.69. The minimum absolute atomic E-state index is 0.0748. The Morgan fingerprint density at radius 3 is 2.48 bits per heavy atom. The summed E-state index contributed by atoms with van der Waals surface area (Å²) in [4.78, 5) is 22.6. The third kappa shape index (κ3) is 4.51. The molecule has 0 heterocycles. The number of phenols is 1. The van der Waals surface area contributed by atoms with E-state index in [-0.39, 0.29) is 34.4 Å². The van der Waals surface area contributed by atoms with Gasteiger partial charge in [0.25, 0.3) is 5.91 Å². The Morgan fingerprint density at radius 2 is 1.87 bits per heavy atom. The summed E-state index contributed by atoms with van der Waals surface area (Å²) in [6, 6.07) is 8.15. The van der Waals surface area contributed by atoms with E-state index in [0.29, 0.717) is 5.02 Å². The Hall–Kier alpha value is -2.44. The van der Waals surface area contributed by atoms with E-state index in [1.807, 2.05) is 0 Å². The van der Waals surface area contributed by atoms with Gasteiger partial charge in [0.1, 0.15) is 11.5 Å². The highest BCUT2D eigenvalue weighted by atomic mass is 35.5. The predicted molar refractivity (Wildman–Crippen MR) is 85.7 cm³/mol. The van der Waals surface area contributed by atoms with E-state index in [9.17, 15) is 14.7 Å². The first kappa shape index (κ1) is 16.9. The summed E-state index contributed by atoms with van der Waals surface area (Å²) in [5.41, 5.74) is -0.0181. The number of anilines is 1. The number of hydrogen-bond donors (Lipinski definition) is 3. The first-order chi connectivity index (χ1) is 10.9. The Balaban J connectivity index is 1.98. The number of aromatic hydroxyl groups is 1. The molecule has 0 saturated heterocycles. The molecule has 0 saturated carbocycles. The lowest BCUT2D eigenvalue weighted by Gasteiger charge is -2.10. The summed E-state index contributed by atoms with van der Waals surface area (Å²) >= 11 is 11.7. The Bertz CT molecular complexity index is 764. The molecular formula is C15H11Cl2NO5. The first-order valence-electron chi connectivity index (χ1n) is 6.31. The van der Waals surface area contributed by atoms with Crippen LogP contribution in [0.3, 0.4) is 0 Å². The average Bonchev–Trinajstić information content (AvgIpc) is 2.48. The van der Waals surface area contributed by atoms with Crippen LogP contribution in [0.4, 0.5) is 5.69 Å². The van der Waals surface area contributed by atoms with Crippen LogP contribution in [0.1, 0.15) is 10.4 Å². The number of phenolic OH excluding ortho intramolecular Hbond substituents is 1. The van der Waals surface area contributed by atoms with Gasteiger partial charge in [-0.1, -0.05) is 23.2 Å². The third-order valence-corrected chi connectivity index (χ3v) is 3.30. The number of carbonyl (C=O) groups excluding carboxylic acids is 1.